The first-order valence-corrected chi connectivity index (χ1v) is 11.1. The Balaban J connectivity index is 1.91. The highest BCUT2D eigenvalue weighted by Gasteiger charge is 2.49. The molecule has 1 N–H and O–H groups in total. The molecule has 6 nitrogen and oxygen atoms in total. The van der Waals surface area contributed by atoms with Crippen molar-refractivity contribution in [3.8, 4) is 11.5 Å². The first-order valence-electron chi connectivity index (χ1n) is 11.1. The van der Waals surface area contributed by atoms with Crippen LogP contribution in [0, 0.1) is 0 Å². The average molecular weight is 436 g/mol. The van der Waals surface area contributed by atoms with Gasteiger partial charge in [0.2, 0.25) is 0 Å². The Morgan fingerprint density at radius 3 is 2.31 bits per heavy atom. The smallest absolute Gasteiger partial charge is 0.295 e. The first-order chi connectivity index (χ1) is 15.5. The lowest BCUT2D eigenvalue weighted by Gasteiger charge is -2.31. The summed E-state index contributed by atoms with van der Waals surface area (Å²) in [5, 5.41) is 11.4. The summed E-state index contributed by atoms with van der Waals surface area (Å²) >= 11 is 0. The summed E-state index contributed by atoms with van der Waals surface area (Å²) in [5.74, 6) is -0.547. The van der Waals surface area contributed by atoms with Crippen LogP contribution in [0.15, 0.2) is 48.0 Å². The molecule has 1 saturated carbocycles. The molecule has 2 fully saturated rings. The van der Waals surface area contributed by atoms with Crippen LogP contribution in [0.4, 0.5) is 0 Å². The van der Waals surface area contributed by atoms with Gasteiger partial charge in [-0.25, -0.2) is 0 Å². The zero-order chi connectivity index (χ0) is 22.8. The topological polar surface area (TPSA) is 76.1 Å². The second-order valence-corrected chi connectivity index (χ2v) is 8.31. The number of ether oxygens (including phenoxy) is 2. The molecule has 168 valence electrons. The molecule has 0 spiro atoms. The molecule has 1 saturated heterocycles. The number of amides is 1. The molecule has 1 atom stereocenters. The van der Waals surface area contributed by atoms with Crippen molar-refractivity contribution in [2.45, 2.75) is 51.1 Å². The van der Waals surface area contributed by atoms with Gasteiger partial charge in [0.15, 0.2) is 0 Å². The molecule has 32 heavy (non-hydrogen) atoms. The van der Waals surface area contributed by atoms with E-state index in [2.05, 4.69) is 6.92 Å². The summed E-state index contributed by atoms with van der Waals surface area (Å²) in [4.78, 5) is 28.2. The number of aliphatic hydroxyl groups is 1. The van der Waals surface area contributed by atoms with Crippen LogP contribution in [0.3, 0.4) is 0 Å². The standard InChI is InChI=1S/C26H29NO5/c1-4-16-9-11-17(12-10-16)23-22(25(29)26(30)27(23)18-7-5-6-8-18)24(28)20-15-19(31-2)13-14-21(20)32-3/h9-15,18,23,28H,4-8H2,1-3H3/b24-22+. The van der Waals surface area contributed by atoms with Crippen molar-refractivity contribution in [2.24, 2.45) is 0 Å². The lowest BCUT2D eigenvalue weighted by Crippen LogP contribution is -2.37. The van der Waals surface area contributed by atoms with Gasteiger partial charge in [0.25, 0.3) is 11.7 Å². The Bertz CT molecular complexity index is 1050. The van der Waals surface area contributed by atoms with Gasteiger partial charge in [-0.05, 0) is 48.6 Å². The maximum absolute atomic E-state index is 13.3. The summed E-state index contributed by atoms with van der Waals surface area (Å²) in [6.07, 6.45) is 4.67. The number of benzene rings is 2. The third kappa shape index (κ3) is 3.74. The van der Waals surface area contributed by atoms with Crippen molar-refractivity contribution in [3.05, 3.63) is 64.7 Å². The normalized spacial score (nSPS) is 20.7. The van der Waals surface area contributed by atoms with Gasteiger partial charge in [0.1, 0.15) is 17.3 Å². The molecule has 0 bridgehead atoms. The van der Waals surface area contributed by atoms with E-state index in [0.717, 1.165) is 37.7 Å². The number of nitrogens with zero attached hydrogens (tertiary/aromatic N) is 1. The third-order valence-electron chi connectivity index (χ3n) is 6.56. The van der Waals surface area contributed by atoms with Gasteiger partial charge in [0, 0.05) is 6.04 Å². The Kier molecular flexibility index (Phi) is 6.21. The number of likely N-dealkylation sites (tertiary alicyclic amines) is 1. The highest BCUT2D eigenvalue weighted by atomic mass is 16.5. The van der Waals surface area contributed by atoms with Crippen molar-refractivity contribution in [2.75, 3.05) is 14.2 Å². The minimum absolute atomic E-state index is 0.0141. The predicted octanol–water partition coefficient (Wildman–Crippen LogP) is 4.63. The fourth-order valence-corrected chi connectivity index (χ4v) is 4.82. The number of rotatable bonds is 6. The molecule has 0 radical (unpaired) electrons. The minimum Gasteiger partial charge on any atom is -0.507 e. The van der Waals surface area contributed by atoms with E-state index in [1.807, 2.05) is 24.3 Å². The van der Waals surface area contributed by atoms with Crippen molar-refractivity contribution in [3.63, 3.8) is 0 Å². The second kappa shape index (κ2) is 9.07. The highest BCUT2D eigenvalue weighted by molar-refractivity contribution is 6.46. The minimum atomic E-state index is -0.663. The van der Waals surface area contributed by atoms with Crippen LogP contribution in [0.1, 0.15) is 55.3 Å². The van der Waals surface area contributed by atoms with E-state index in [-0.39, 0.29) is 17.4 Å². The summed E-state index contributed by atoms with van der Waals surface area (Å²) in [5.41, 5.74) is 2.40. The van der Waals surface area contributed by atoms with Crippen LogP contribution < -0.4 is 9.47 Å². The molecule has 1 aliphatic carbocycles. The molecular formula is C26H29NO5. The number of ketones is 1. The molecule has 4 rings (SSSR count). The number of hydrogen-bond donors (Lipinski definition) is 1. The predicted molar refractivity (Wildman–Crippen MR) is 122 cm³/mol. The van der Waals surface area contributed by atoms with Gasteiger partial charge in [-0.15, -0.1) is 0 Å². The molecule has 1 heterocycles. The van der Waals surface area contributed by atoms with Crippen molar-refractivity contribution in [1.29, 1.82) is 0 Å². The first kappa shape index (κ1) is 21.9. The van der Waals surface area contributed by atoms with Gasteiger partial charge in [-0.2, -0.15) is 0 Å². The largest absolute Gasteiger partial charge is 0.507 e. The van der Waals surface area contributed by atoms with Crippen molar-refractivity contribution in [1.82, 2.24) is 4.90 Å². The van der Waals surface area contributed by atoms with E-state index in [1.54, 1.807) is 23.1 Å². The number of carbonyl (C=O) groups excluding carboxylic acids is 2. The Labute approximate surface area is 188 Å². The highest BCUT2D eigenvalue weighted by Crippen LogP contribution is 2.44. The maximum atomic E-state index is 13.3. The zero-order valence-electron chi connectivity index (χ0n) is 18.8. The number of Topliss-reactive ketones (excluding diaryl/α,β-unsaturated/α-hetero) is 1. The average Bonchev–Trinajstić information content (AvgIpc) is 3.45. The van der Waals surface area contributed by atoms with E-state index in [4.69, 9.17) is 9.47 Å². The van der Waals surface area contributed by atoms with E-state index >= 15 is 0 Å². The van der Waals surface area contributed by atoms with Gasteiger partial charge >= 0.3 is 0 Å². The lowest BCUT2D eigenvalue weighted by molar-refractivity contribution is -0.141. The summed E-state index contributed by atoms with van der Waals surface area (Å²) in [6, 6.07) is 12.3. The molecule has 1 aliphatic heterocycles. The number of aliphatic hydroxyl groups excluding tert-OH is 1. The van der Waals surface area contributed by atoms with Crippen molar-refractivity contribution >= 4 is 17.4 Å². The van der Waals surface area contributed by atoms with Crippen molar-refractivity contribution < 1.29 is 24.2 Å². The zero-order valence-corrected chi connectivity index (χ0v) is 18.8. The van der Waals surface area contributed by atoms with Gasteiger partial charge in [-0.1, -0.05) is 44.0 Å². The summed E-state index contributed by atoms with van der Waals surface area (Å²) in [6.45, 7) is 2.08. The van der Waals surface area contributed by atoms with Crippen LogP contribution in [0.2, 0.25) is 0 Å². The molecule has 6 heteroatoms. The van der Waals surface area contributed by atoms with E-state index in [9.17, 15) is 14.7 Å². The quantitative estimate of drug-likeness (QED) is 0.407. The van der Waals surface area contributed by atoms with Crippen LogP contribution >= 0.6 is 0 Å². The number of aryl methyl sites for hydroxylation is 1. The molecule has 2 aromatic rings. The second-order valence-electron chi connectivity index (χ2n) is 8.31. The van der Waals surface area contributed by atoms with Crippen LogP contribution in [0.25, 0.3) is 5.76 Å². The van der Waals surface area contributed by atoms with E-state index in [0.29, 0.717) is 17.1 Å². The number of hydrogen-bond acceptors (Lipinski definition) is 5. The van der Waals surface area contributed by atoms with Gasteiger partial charge < -0.3 is 19.5 Å². The van der Waals surface area contributed by atoms with Crippen LogP contribution in [-0.2, 0) is 16.0 Å². The Morgan fingerprint density at radius 2 is 1.72 bits per heavy atom. The Hall–Kier alpha value is -3.28. The van der Waals surface area contributed by atoms with Crippen LogP contribution in [0.5, 0.6) is 11.5 Å². The molecule has 1 amide bonds. The van der Waals surface area contributed by atoms with Gasteiger partial charge in [-0.3, -0.25) is 9.59 Å². The SMILES string of the molecule is CCc1ccc(C2/C(=C(\O)c3cc(OC)ccc3OC)C(=O)C(=O)N2C2CCCC2)cc1. The van der Waals surface area contributed by atoms with E-state index < -0.39 is 17.7 Å². The summed E-state index contributed by atoms with van der Waals surface area (Å²) < 4.78 is 10.7. The lowest BCUT2D eigenvalue weighted by atomic mass is 9.93. The monoisotopic (exact) mass is 435 g/mol. The van der Waals surface area contributed by atoms with Gasteiger partial charge in [0.05, 0.1) is 31.4 Å². The molecule has 1 unspecified atom stereocenters. The van der Waals surface area contributed by atoms with Crippen LogP contribution in [-0.4, -0.2) is 42.0 Å². The molecule has 0 aromatic heterocycles. The Morgan fingerprint density at radius 1 is 1.03 bits per heavy atom. The fourth-order valence-electron chi connectivity index (χ4n) is 4.82. The summed E-state index contributed by atoms with van der Waals surface area (Å²) in [7, 11) is 3.02. The molecular weight excluding hydrogens is 406 g/mol. The molecule has 2 aliphatic rings. The molecule has 2 aromatic carbocycles. The third-order valence-corrected chi connectivity index (χ3v) is 6.56. The number of methoxy groups -OCH3 is 2. The van der Waals surface area contributed by atoms with E-state index in [1.165, 1.54) is 19.8 Å². The number of carbonyl (C=O) groups is 2. The maximum Gasteiger partial charge on any atom is 0.295 e. The fraction of sp³-hybridized carbons (Fsp3) is 0.385.